The largest absolute Gasteiger partial charge is 0.409 e. The second-order valence-corrected chi connectivity index (χ2v) is 5.13. The van der Waals surface area contributed by atoms with Gasteiger partial charge in [0.05, 0.1) is 5.03 Å². The zero-order valence-corrected chi connectivity index (χ0v) is 10.2. The second kappa shape index (κ2) is 5.69. The molecule has 0 unspecified atom stereocenters. The summed E-state index contributed by atoms with van der Waals surface area (Å²) in [6.07, 6.45) is 4.05. The molecule has 5 nitrogen and oxygen atoms in total. The molecule has 0 radical (unpaired) electrons. The molecule has 0 saturated carbocycles. The van der Waals surface area contributed by atoms with E-state index < -0.39 is 0 Å². The Balaban J connectivity index is 2.42. The highest BCUT2D eigenvalue weighted by atomic mass is 32.2. The van der Waals surface area contributed by atoms with Crippen LogP contribution in [0.1, 0.15) is 20.3 Å². The minimum Gasteiger partial charge on any atom is -0.409 e. The van der Waals surface area contributed by atoms with Crippen LogP contribution in [0.5, 0.6) is 0 Å². The molecule has 0 saturated heterocycles. The van der Waals surface area contributed by atoms with Gasteiger partial charge in [0, 0.05) is 17.4 Å². The normalized spacial score (nSPS) is 12.8. The Morgan fingerprint density at radius 2 is 2.38 bits per heavy atom. The Morgan fingerprint density at radius 3 is 2.94 bits per heavy atom. The number of hydrogen-bond donors (Lipinski definition) is 2. The van der Waals surface area contributed by atoms with Gasteiger partial charge in [0.2, 0.25) is 0 Å². The van der Waals surface area contributed by atoms with Crippen LogP contribution in [0, 0.1) is 5.41 Å². The van der Waals surface area contributed by atoms with Crippen molar-refractivity contribution in [3.05, 3.63) is 18.6 Å². The lowest BCUT2D eigenvalue weighted by Crippen LogP contribution is -2.32. The van der Waals surface area contributed by atoms with Crippen LogP contribution in [-0.4, -0.2) is 26.8 Å². The minimum atomic E-state index is -0.297. The van der Waals surface area contributed by atoms with E-state index in [0.717, 1.165) is 17.2 Å². The van der Waals surface area contributed by atoms with Crippen molar-refractivity contribution in [1.29, 1.82) is 0 Å². The first kappa shape index (κ1) is 12.8. The Bertz CT molecular complexity index is 353. The van der Waals surface area contributed by atoms with E-state index in [1.165, 1.54) is 6.33 Å². The summed E-state index contributed by atoms with van der Waals surface area (Å²) in [4.78, 5) is 7.95. The molecule has 6 heteroatoms. The number of aromatic nitrogens is 2. The van der Waals surface area contributed by atoms with Gasteiger partial charge in [-0.25, -0.2) is 9.97 Å². The summed E-state index contributed by atoms with van der Waals surface area (Å²) in [5.41, 5.74) is 5.30. The first-order valence-electron chi connectivity index (χ1n) is 4.93. The highest BCUT2D eigenvalue weighted by Gasteiger charge is 2.23. The predicted molar refractivity (Wildman–Crippen MR) is 64.6 cm³/mol. The zero-order valence-electron chi connectivity index (χ0n) is 9.42. The molecular weight excluding hydrogens is 224 g/mol. The molecule has 0 atom stereocenters. The van der Waals surface area contributed by atoms with Crippen LogP contribution in [0.25, 0.3) is 0 Å². The number of oxime groups is 1. The van der Waals surface area contributed by atoms with Crippen molar-refractivity contribution in [1.82, 2.24) is 9.97 Å². The molecule has 1 aromatic rings. The third-order valence-electron chi connectivity index (χ3n) is 2.33. The fourth-order valence-corrected chi connectivity index (χ4v) is 2.14. The van der Waals surface area contributed by atoms with Crippen LogP contribution in [0.3, 0.4) is 0 Å². The summed E-state index contributed by atoms with van der Waals surface area (Å²) in [5, 5.41) is 12.6. The van der Waals surface area contributed by atoms with E-state index in [1.807, 2.05) is 19.9 Å². The van der Waals surface area contributed by atoms with Gasteiger partial charge in [-0.05, 0) is 12.5 Å². The Hall–Kier alpha value is -1.30. The standard InChI is InChI=1S/C10H16N4OS/c1-10(2,9(11)14-15)4-6-16-8-3-5-12-7-13-8/h3,5,7,15H,4,6H2,1-2H3,(H2,11,14). The average Bonchev–Trinajstić information content (AvgIpc) is 2.29. The van der Waals surface area contributed by atoms with Crippen LogP contribution in [0.15, 0.2) is 28.8 Å². The van der Waals surface area contributed by atoms with Crippen molar-refractivity contribution in [3.63, 3.8) is 0 Å². The second-order valence-electron chi connectivity index (χ2n) is 4.02. The fraction of sp³-hybridized carbons (Fsp3) is 0.500. The van der Waals surface area contributed by atoms with Gasteiger partial charge in [-0.1, -0.05) is 19.0 Å². The number of amidine groups is 1. The summed E-state index contributed by atoms with van der Waals surface area (Å²) in [6, 6.07) is 1.86. The van der Waals surface area contributed by atoms with E-state index in [2.05, 4.69) is 15.1 Å². The smallest absolute Gasteiger partial charge is 0.144 e. The minimum absolute atomic E-state index is 0.260. The molecule has 88 valence electrons. The van der Waals surface area contributed by atoms with Crippen LogP contribution in [0.4, 0.5) is 0 Å². The van der Waals surface area contributed by atoms with Crippen molar-refractivity contribution in [2.45, 2.75) is 25.3 Å². The first-order chi connectivity index (χ1) is 7.56. The maximum atomic E-state index is 8.62. The summed E-state index contributed by atoms with van der Waals surface area (Å²) in [7, 11) is 0. The van der Waals surface area contributed by atoms with E-state index >= 15 is 0 Å². The van der Waals surface area contributed by atoms with Crippen LogP contribution < -0.4 is 5.73 Å². The van der Waals surface area contributed by atoms with Gasteiger partial charge in [-0.3, -0.25) is 0 Å². The third kappa shape index (κ3) is 3.69. The highest BCUT2D eigenvalue weighted by Crippen LogP contribution is 2.25. The number of thioether (sulfide) groups is 1. The zero-order chi connectivity index (χ0) is 12.0. The lowest BCUT2D eigenvalue weighted by Gasteiger charge is -2.22. The third-order valence-corrected chi connectivity index (χ3v) is 3.28. The fourth-order valence-electron chi connectivity index (χ4n) is 1.04. The van der Waals surface area contributed by atoms with Crippen LogP contribution >= 0.6 is 11.8 Å². The Labute approximate surface area is 99.2 Å². The highest BCUT2D eigenvalue weighted by molar-refractivity contribution is 7.99. The summed E-state index contributed by atoms with van der Waals surface area (Å²) >= 11 is 1.63. The molecule has 0 aliphatic rings. The summed E-state index contributed by atoms with van der Waals surface area (Å²) in [5.74, 6) is 1.12. The van der Waals surface area contributed by atoms with Crippen molar-refractivity contribution in [3.8, 4) is 0 Å². The summed E-state index contributed by atoms with van der Waals surface area (Å²) in [6.45, 7) is 3.89. The molecule has 0 fully saturated rings. The van der Waals surface area contributed by atoms with Gasteiger partial charge >= 0.3 is 0 Å². The van der Waals surface area contributed by atoms with E-state index in [1.54, 1.807) is 18.0 Å². The van der Waals surface area contributed by atoms with Gasteiger partial charge in [0.1, 0.15) is 12.2 Å². The van der Waals surface area contributed by atoms with Crippen LogP contribution in [0.2, 0.25) is 0 Å². The monoisotopic (exact) mass is 240 g/mol. The topological polar surface area (TPSA) is 84.4 Å². The molecule has 16 heavy (non-hydrogen) atoms. The van der Waals surface area contributed by atoms with Crippen LogP contribution in [-0.2, 0) is 0 Å². The first-order valence-corrected chi connectivity index (χ1v) is 5.91. The van der Waals surface area contributed by atoms with Crippen molar-refractivity contribution < 1.29 is 5.21 Å². The Morgan fingerprint density at radius 1 is 1.62 bits per heavy atom. The van der Waals surface area contributed by atoms with Gasteiger partial charge < -0.3 is 10.9 Å². The molecule has 0 amide bonds. The van der Waals surface area contributed by atoms with E-state index in [-0.39, 0.29) is 11.3 Å². The Kier molecular flexibility index (Phi) is 4.54. The molecule has 0 aliphatic carbocycles. The number of rotatable bonds is 5. The van der Waals surface area contributed by atoms with Crippen molar-refractivity contribution in [2.24, 2.45) is 16.3 Å². The van der Waals surface area contributed by atoms with Gasteiger partial charge in [0.15, 0.2) is 0 Å². The predicted octanol–water partition coefficient (Wildman–Crippen LogP) is 1.73. The quantitative estimate of drug-likeness (QED) is 0.204. The van der Waals surface area contributed by atoms with Gasteiger partial charge in [-0.2, -0.15) is 0 Å². The maximum absolute atomic E-state index is 8.62. The SMILES string of the molecule is CC(C)(CCSc1ccncn1)C(N)=NO. The summed E-state index contributed by atoms with van der Waals surface area (Å²) < 4.78 is 0. The lowest BCUT2D eigenvalue weighted by molar-refractivity contribution is 0.307. The molecule has 1 heterocycles. The number of hydrogen-bond acceptors (Lipinski definition) is 5. The molecule has 0 bridgehead atoms. The molecule has 0 aromatic carbocycles. The van der Waals surface area contributed by atoms with E-state index in [4.69, 9.17) is 10.9 Å². The molecule has 1 aromatic heterocycles. The van der Waals surface area contributed by atoms with E-state index in [0.29, 0.717) is 0 Å². The van der Waals surface area contributed by atoms with Crippen molar-refractivity contribution >= 4 is 17.6 Å². The molecule has 0 spiro atoms. The maximum Gasteiger partial charge on any atom is 0.144 e. The molecular formula is C10H16N4OS. The molecule has 3 N–H and O–H groups in total. The number of nitrogens with zero attached hydrogens (tertiary/aromatic N) is 3. The number of nitrogens with two attached hydrogens (primary N) is 1. The van der Waals surface area contributed by atoms with Gasteiger partial charge in [0.25, 0.3) is 0 Å². The van der Waals surface area contributed by atoms with Crippen molar-refractivity contribution in [2.75, 3.05) is 5.75 Å². The molecule has 0 aliphatic heterocycles. The lowest BCUT2D eigenvalue weighted by atomic mass is 9.89. The molecule has 1 rings (SSSR count). The van der Waals surface area contributed by atoms with Gasteiger partial charge in [-0.15, -0.1) is 11.8 Å². The average molecular weight is 240 g/mol. The van der Waals surface area contributed by atoms with E-state index in [9.17, 15) is 0 Å².